The van der Waals surface area contributed by atoms with Crippen molar-refractivity contribution in [1.82, 2.24) is 42.5 Å². The average Bonchev–Trinajstić information content (AvgIpc) is 3.24. The minimum atomic E-state index is -5.66. The van der Waals surface area contributed by atoms with Crippen LogP contribution >= 0.6 is 0 Å². The van der Waals surface area contributed by atoms with Crippen LogP contribution in [0.2, 0.25) is 0 Å². The van der Waals surface area contributed by atoms with Crippen molar-refractivity contribution in [1.29, 1.82) is 5.41 Å². The van der Waals surface area contributed by atoms with Crippen molar-refractivity contribution >= 4 is 65.2 Å². The lowest BCUT2D eigenvalue weighted by molar-refractivity contribution is -0.201. The number of carbonyl (C=O) groups excluding carboxylic acids is 9. The van der Waals surface area contributed by atoms with Gasteiger partial charge in [-0.3, -0.25) is 39.0 Å². The monoisotopic (exact) mass is 1030 g/mol. The van der Waals surface area contributed by atoms with Crippen LogP contribution in [0.15, 0.2) is 0 Å². The first-order chi connectivity index (χ1) is 32.1. The molecule has 0 radical (unpaired) electrons. The second-order valence-electron chi connectivity index (χ2n) is 16.0. The minimum Gasteiger partial charge on any atom is -0.480 e. The van der Waals surface area contributed by atoms with Crippen molar-refractivity contribution in [2.45, 2.75) is 134 Å². The first kappa shape index (κ1) is 63.4. The lowest BCUT2D eigenvalue weighted by Gasteiger charge is -2.30. The molecule has 0 aliphatic carbocycles. The maximum absolute atomic E-state index is 13.9. The summed E-state index contributed by atoms with van der Waals surface area (Å²) in [7, 11) is 0. The lowest BCUT2D eigenvalue weighted by atomic mass is 9.96. The summed E-state index contributed by atoms with van der Waals surface area (Å²) >= 11 is 0. The predicted octanol–water partition coefficient (Wildman–Crippen LogP) is -4.25. The molecule has 400 valence electrons. The zero-order chi connectivity index (χ0) is 54.4. The van der Waals surface area contributed by atoms with E-state index in [4.69, 9.17) is 16.9 Å². The Balaban J connectivity index is 6.38. The Hall–Kier alpha value is -6.57. The third-order valence-electron chi connectivity index (χ3n) is 9.55. The summed E-state index contributed by atoms with van der Waals surface area (Å²) in [5, 5.41) is 54.2. The summed E-state index contributed by atoms with van der Waals surface area (Å²) in [4.78, 5) is 127. The third-order valence-corrected chi connectivity index (χ3v) is 9.55. The van der Waals surface area contributed by atoms with Crippen LogP contribution in [0.4, 0.5) is 26.3 Å². The Morgan fingerprint density at radius 3 is 1.54 bits per heavy atom. The van der Waals surface area contributed by atoms with E-state index in [1.807, 2.05) is 5.32 Å². The van der Waals surface area contributed by atoms with Gasteiger partial charge in [0.2, 0.25) is 41.4 Å². The van der Waals surface area contributed by atoms with E-state index in [1.54, 1.807) is 26.1 Å². The summed E-state index contributed by atoms with van der Waals surface area (Å²) in [5.74, 6) is -17.8. The van der Waals surface area contributed by atoms with Crippen molar-refractivity contribution in [3.8, 4) is 0 Å². The number of nitrogens with one attached hydrogen (secondary N) is 9. The van der Waals surface area contributed by atoms with E-state index < -0.39 is 158 Å². The number of alkyl halides is 6. The first-order valence-corrected chi connectivity index (χ1v) is 21.1. The van der Waals surface area contributed by atoms with Gasteiger partial charge in [0.25, 0.3) is 0 Å². The molecule has 0 spiro atoms. The number of aliphatic carboxylic acids is 1. The van der Waals surface area contributed by atoms with Crippen LogP contribution in [0.1, 0.15) is 67.2 Å². The number of nitrogens with two attached hydrogens (primary N) is 2. The zero-order valence-corrected chi connectivity index (χ0v) is 38.7. The number of hydrogen-bond acceptors (Lipinski definition) is 16. The Labute approximate surface area is 395 Å². The molecule has 10 atom stereocenters. The molecule has 0 aromatic rings. The molecule has 0 saturated carbocycles. The Morgan fingerprint density at radius 2 is 1.09 bits per heavy atom. The number of ether oxygens (including phenoxy) is 2. The van der Waals surface area contributed by atoms with Gasteiger partial charge in [-0.05, 0) is 44.9 Å². The number of halogens is 6. The van der Waals surface area contributed by atoms with E-state index in [0.29, 0.717) is 0 Å². The van der Waals surface area contributed by atoms with E-state index in [1.165, 1.54) is 19.2 Å². The minimum absolute atomic E-state index is 0.0420. The summed E-state index contributed by atoms with van der Waals surface area (Å²) in [6.07, 6.45) is -14.2. The maximum Gasteiger partial charge on any atom is 0.490 e. The van der Waals surface area contributed by atoms with E-state index in [9.17, 15) is 89.6 Å². The largest absolute Gasteiger partial charge is 0.490 e. The van der Waals surface area contributed by atoms with Gasteiger partial charge < -0.3 is 78.8 Å². The SMILES string of the molecule is CC[C@H](C)[C@H](NC(=O)[C@@H](CCCNC(=N)N)NC(=O)[C@H](CC(C)C)NC(=O)[C@@H](N)[C@@H](C)O)C(=O)N[C@H](C(=O)NCC(=O)N[C@@H](COC(=O)C(F)(F)F)C(=O)N[C@@H](COC(=O)C(F)(F)F)C(=O)O)[C@H](C)O. The fourth-order valence-corrected chi connectivity index (χ4v) is 5.50. The number of rotatable bonds is 29. The molecule has 0 aliphatic heterocycles. The van der Waals surface area contributed by atoms with Crippen molar-refractivity contribution < 1.29 is 99.1 Å². The zero-order valence-electron chi connectivity index (χ0n) is 38.7. The van der Waals surface area contributed by atoms with Crippen LogP contribution < -0.4 is 54.0 Å². The molecule has 0 aliphatic rings. The summed E-state index contributed by atoms with van der Waals surface area (Å²) in [6.45, 7) is 4.25. The Morgan fingerprint density at radius 1 is 0.614 bits per heavy atom. The molecule has 32 heteroatoms. The van der Waals surface area contributed by atoms with Gasteiger partial charge in [0.15, 0.2) is 12.0 Å². The number of carboxylic acids is 1. The fourth-order valence-electron chi connectivity index (χ4n) is 5.50. The van der Waals surface area contributed by atoms with Crippen LogP contribution in [-0.4, -0.2) is 174 Å². The number of carbonyl (C=O) groups is 10. The van der Waals surface area contributed by atoms with Crippen LogP contribution in [0, 0.1) is 17.2 Å². The molecule has 0 fully saturated rings. The van der Waals surface area contributed by atoms with Gasteiger partial charge >= 0.3 is 30.3 Å². The smallest absolute Gasteiger partial charge is 0.480 e. The number of carboxylic acid groups (broad SMARTS) is 1. The van der Waals surface area contributed by atoms with Gasteiger partial charge in [0.1, 0.15) is 49.5 Å². The van der Waals surface area contributed by atoms with Crippen molar-refractivity contribution in [3.05, 3.63) is 0 Å². The van der Waals surface area contributed by atoms with E-state index in [0.717, 1.165) is 6.92 Å². The molecule has 0 unspecified atom stereocenters. The highest BCUT2D eigenvalue weighted by Crippen LogP contribution is 2.18. The maximum atomic E-state index is 13.9. The average molecular weight is 1030 g/mol. The highest BCUT2D eigenvalue weighted by atomic mass is 19.4. The topological polar surface area (TPSA) is 422 Å². The number of hydrogen-bond donors (Lipinski definition) is 14. The summed E-state index contributed by atoms with van der Waals surface area (Å²) in [5.41, 5.74) is 11.1. The van der Waals surface area contributed by atoms with Crippen molar-refractivity contribution in [3.63, 3.8) is 0 Å². The van der Waals surface area contributed by atoms with Gasteiger partial charge in [-0.25, -0.2) is 14.4 Å². The number of amides is 7. The van der Waals surface area contributed by atoms with Crippen LogP contribution in [0.5, 0.6) is 0 Å². The summed E-state index contributed by atoms with van der Waals surface area (Å²) in [6, 6.07) is -12.6. The van der Waals surface area contributed by atoms with Crippen LogP contribution in [0.3, 0.4) is 0 Å². The normalized spacial score (nSPS) is 15.8. The molecule has 0 heterocycles. The Kier molecular flexibility index (Phi) is 26.7. The highest BCUT2D eigenvalue weighted by Gasteiger charge is 2.44. The van der Waals surface area contributed by atoms with Crippen molar-refractivity contribution in [2.75, 3.05) is 26.3 Å². The lowest BCUT2D eigenvalue weighted by Crippen LogP contribution is -2.62. The first-order valence-electron chi connectivity index (χ1n) is 21.1. The van der Waals surface area contributed by atoms with Gasteiger partial charge in [0.05, 0.1) is 18.8 Å². The second-order valence-corrected chi connectivity index (χ2v) is 16.0. The number of guanidine groups is 1. The fraction of sp³-hybridized carbons (Fsp3) is 0.711. The molecular weight excluding hydrogens is 964 g/mol. The molecule has 70 heavy (non-hydrogen) atoms. The quantitative estimate of drug-likeness (QED) is 0.0111. The van der Waals surface area contributed by atoms with E-state index in [-0.39, 0.29) is 38.1 Å². The van der Waals surface area contributed by atoms with Crippen molar-refractivity contribution in [2.24, 2.45) is 23.3 Å². The van der Waals surface area contributed by atoms with E-state index >= 15 is 0 Å². The third kappa shape index (κ3) is 23.6. The number of aliphatic hydroxyl groups excluding tert-OH is 2. The van der Waals surface area contributed by atoms with Crippen LogP contribution in [0.25, 0.3) is 0 Å². The molecule has 16 N–H and O–H groups in total. The van der Waals surface area contributed by atoms with Gasteiger partial charge in [-0.2, -0.15) is 26.3 Å². The second kappa shape index (κ2) is 29.5. The molecule has 0 rings (SSSR count). The predicted molar refractivity (Wildman–Crippen MR) is 226 cm³/mol. The molecule has 0 aromatic heterocycles. The standard InChI is InChI=1S/C38H61F6N11O15/c1-7-16(4)25(54-27(59)19(9-8-10-48-36(46)47)51-28(60)20(11-15(2)3)52-30(62)24(45)17(5)56)32(64)55-26(18(6)57)31(63)49-12-23(58)50-21(13-69-34(67)37(39,40)41)29(61)53-22(33(65)66)14-70-35(68)38(42,43)44/h15-22,24-26,56-57H,7-14,45H2,1-6H3,(H,49,63)(H,50,58)(H,51,60)(H,52,62)(H,53,61)(H,54,59)(H,55,64)(H,65,66)(H4,46,47,48)/t16-,17+,18-,19+,20-,21-,22-,24-,25-,26-/m0/s1. The molecular formula is C38H61F6N11O15. The summed E-state index contributed by atoms with van der Waals surface area (Å²) < 4.78 is 83.8. The number of esters is 2. The molecule has 0 bridgehead atoms. The van der Waals surface area contributed by atoms with Crippen LogP contribution in [-0.2, 0) is 57.4 Å². The van der Waals surface area contributed by atoms with E-state index in [2.05, 4.69) is 36.1 Å². The van der Waals surface area contributed by atoms with Gasteiger partial charge in [-0.15, -0.1) is 0 Å². The molecule has 0 aromatic carbocycles. The highest BCUT2D eigenvalue weighted by molar-refractivity contribution is 5.97. The number of aliphatic hydroxyl groups is 2. The van der Waals surface area contributed by atoms with Gasteiger partial charge in [-0.1, -0.05) is 34.1 Å². The Bertz CT molecular complexity index is 1860. The van der Waals surface area contributed by atoms with Gasteiger partial charge in [0, 0.05) is 6.54 Å². The molecule has 7 amide bonds. The molecule has 26 nitrogen and oxygen atoms in total. The molecule has 0 saturated heterocycles.